The van der Waals surface area contributed by atoms with Gasteiger partial charge >= 0.3 is 0 Å². The first-order chi connectivity index (χ1) is 35.4. The third-order valence-electron chi connectivity index (χ3n) is 13.6. The van der Waals surface area contributed by atoms with Gasteiger partial charge in [-0.2, -0.15) is 26.3 Å². The van der Waals surface area contributed by atoms with Gasteiger partial charge in [0.2, 0.25) is 0 Å². The highest BCUT2D eigenvalue weighted by atomic mass is 15.1. The lowest BCUT2D eigenvalue weighted by Gasteiger charge is -2.17. The zero-order valence-corrected chi connectivity index (χ0v) is 38.2. The summed E-state index contributed by atoms with van der Waals surface area (Å²) in [7, 11) is 0. The van der Waals surface area contributed by atoms with Crippen LogP contribution in [0.25, 0.3) is 111 Å². The smallest absolute Gasteiger partial charge is 0.138 e. The molecular formula is C64H34N8. The maximum Gasteiger partial charge on any atom is 0.138 e. The fourth-order valence-corrected chi connectivity index (χ4v) is 9.95. The molecule has 12 aromatic rings. The molecule has 72 heavy (non-hydrogen) atoms. The van der Waals surface area contributed by atoms with Crippen LogP contribution >= 0.6 is 0 Å². The highest BCUT2D eigenvalue weighted by Crippen LogP contribution is 2.42. The first kappa shape index (κ1) is 42.5. The summed E-state index contributed by atoms with van der Waals surface area (Å²) in [4.78, 5) is 5.35. The van der Waals surface area contributed by atoms with Gasteiger partial charge < -0.3 is 4.57 Å². The number of rotatable bonds is 7. The van der Waals surface area contributed by atoms with Crippen molar-refractivity contribution >= 4 is 43.6 Å². The average molecular weight is 915 g/mol. The van der Waals surface area contributed by atoms with E-state index in [1.165, 1.54) is 0 Å². The molecule has 3 heterocycles. The van der Waals surface area contributed by atoms with Crippen molar-refractivity contribution in [2.24, 2.45) is 0 Å². The van der Waals surface area contributed by atoms with Crippen LogP contribution in [0, 0.1) is 56.7 Å². The molecule has 0 atom stereocenters. The van der Waals surface area contributed by atoms with Gasteiger partial charge in [0.25, 0.3) is 0 Å². The molecule has 8 heteroatoms. The predicted octanol–water partition coefficient (Wildman–Crippen LogP) is 15.0. The van der Waals surface area contributed by atoms with E-state index >= 15 is 0 Å². The number of pyridine rings is 1. The summed E-state index contributed by atoms with van der Waals surface area (Å²) in [5.74, 6) is 0.681. The van der Waals surface area contributed by atoms with Crippen LogP contribution in [0.4, 0.5) is 0 Å². The van der Waals surface area contributed by atoms with Crippen molar-refractivity contribution in [1.29, 1.82) is 26.3 Å². The van der Waals surface area contributed by atoms with E-state index in [2.05, 4.69) is 118 Å². The molecule has 0 aliphatic heterocycles. The Bertz CT molecular complexity index is 4180. The van der Waals surface area contributed by atoms with Gasteiger partial charge in [-0.3, -0.25) is 4.57 Å². The van der Waals surface area contributed by atoms with Gasteiger partial charge in [0.05, 0.1) is 92.1 Å². The Kier molecular flexibility index (Phi) is 10.3. The first-order valence-electron chi connectivity index (χ1n) is 23.1. The highest BCUT2D eigenvalue weighted by Gasteiger charge is 2.22. The van der Waals surface area contributed by atoms with Crippen LogP contribution in [0.5, 0.6) is 0 Å². The summed E-state index contributed by atoms with van der Waals surface area (Å²) >= 11 is 0. The lowest BCUT2D eigenvalue weighted by atomic mass is 9.99. The van der Waals surface area contributed by atoms with Crippen LogP contribution in [-0.2, 0) is 0 Å². The maximum atomic E-state index is 10.2. The molecule has 0 unspecified atom stereocenters. The fourth-order valence-electron chi connectivity index (χ4n) is 9.95. The van der Waals surface area contributed by atoms with E-state index in [0.29, 0.717) is 33.6 Å². The van der Waals surface area contributed by atoms with Crippen molar-refractivity contribution in [3.63, 3.8) is 0 Å². The Labute approximate surface area is 413 Å². The van der Waals surface area contributed by atoms with Crippen LogP contribution in [0.2, 0.25) is 0 Å². The quantitative estimate of drug-likeness (QED) is 0.156. The number of benzene rings is 9. The van der Waals surface area contributed by atoms with Crippen molar-refractivity contribution in [3.8, 4) is 97.5 Å². The van der Waals surface area contributed by atoms with E-state index in [1.807, 2.05) is 128 Å². The van der Waals surface area contributed by atoms with Crippen molar-refractivity contribution in [1.82, 2.24) is 14.1 Å². The summed E-state index contributed by atoms with van der Waals surface area (Å²) < 4.78 is 4.44. The van der Waals surface area contributed by atoms with Gasteiger partial charge in [-0.15, -0.1) is 0 Å². The summed E-state index contributed by atoms with van der Waals surface area (Å²) in [5.41, 5.74) is 17.2. The first-order valence-corrected chi connectivity index (χ1v) is 23.1. The number of nitrogens with zero attached hydrogens (tertiary/aromatic N) is 8. The van der Waals surface area contributed by atoms with Crippen LogP contribution in [0.1, 0.15) is 27.8 Å². The SMILES string of the molecule is N#Cc1ccc(-c2ccc3c(c2)c2cc(-c4ccc(C#N)cc4)ccc2n3-c2cc(-c3cccc(C#N)c3)c(-n3c4ccc(-c5ccc(C#N)cc5)cc4c4cc(-c5ccc(C#N)cc5)ccc43)cn2)cc1. The molecule has 0 amide bonds. The van der Waals surface area contributed by atoms with Gasteiger partial charge in [-0.05, 0) is 165 Å². The summed E-state index contributed by atoms with van der Waals surface area (Å²) in [5, 5.41) is 52.4. The second-order valence-electron chi connectivity index (χ2n) is 17.6. The van der Waals surface area contributed by atoms with Gasteiger partial charge in [0.1, 0.15) is 5.82 Å². The van der Waals surface area contributed by atoms with Crippen LogP contribution in [0.15, 0.2) is 206 Å². The molecule has 0 saturated carbocycles. The van der Waals surface area contributed by atoms with E-state index in [4.69, 9.17) is 4.98 Å². The third-order valence-corrected chi connectivity index (χ3v) is 13.6. The minimum absolute atomic E-state index is 0.528. The molecule has 12 rings (SSSR count). The summed E-state index contributed by atoms with van der Waals surface area (Å²) in [6.07, 6.45) is 1.93. The van der Waals surface area contributed by atoms with Crippen molar-refractivity contribution in [3.05, 3.63) is 234 Å². The number of hydrogen-bond acceptors (Lipinski definition) is 6. The Morgan fingerprint density at radius 2 is 0.625 bits per heavy atom. The Morgan fingerprint density at radius 1 is 0.292 bits per heavy atom. The molecule has 3 aromatic heterocycles. The number of fused-ring (bicyclic) bond motifs is 6. The van der Waals surface area contributed by atoms with Crippen LogP contribution in [0.3, 0.4) is 0 Å². The third kappa shape index (κ3) is 7.25. The standard InChI is InChI=1S/C64H34N8/c65-34-40-4-12-45(13-5-40)49-20-24-59-55(29-49)56-30-50(46-14-6-41(35-66)7-15-46)21-25-60(56)71(59)63-39-70-64(33-54(63)53-3-1-2-44(28-53)38-69)72-61-26-22-51(47-16-8-42(36-67)9-17-47)31-57(61)58-32-52(23-27-62(58)72)48-18-10-43(37-68)11-19-48/h1-33,39H. The zero-order valence-electron chi connectivity index (χ0n) is 38.2. The second-order valence-corrected chi connectivity index (χ2v) is 17.6. The van der Waals surface area contributed by atoms with E-state index in [0.717, 1.165) is 105 Å². The second kappa shape index (κ2) is 17.4. The summed E-state index contributed by atoms with van der Waals surface area (Å²) in [6.45, 7) is 0. The van der Waals surface area contributed by atoms with Crippen molar-refractivity contribution in [2.45, 2.75) is 0 Å². The molecule has 9 aromatic carbocycles. The Balaban J connectivity index is 1.10. The van der Waals surface area contributed by atoms with E-state index < -0.39 is 0 Å². The summed E-state index contributed by atoms with van der Waals surface area (Å²) in [6, 6.07) is 77.2. The minimum Gasteiger partial charge on any atom is -0.307 e. The van der Waals surface area contributed by atoms with E-state index in [9.17, 15) is 26.3 Å². The zero-order chi connectivity index (χ0) is 48.9. The highest BCUT2D eigenvalue weighted by molar-refractivity contribution is 6.13. The number of nitriles is 5. The van der Waals surface area contributed by atoms with Crippen molar-refractivity contribution in [2.75, 3.05) is 0 Å². The van der Waals surface area contributed by atoms with Gasteiger partial charge in [0.15, 0.2) is 0 Å². The fraction of sp³-hybridized carbons (Fsp3) is 0. The number of hydrogen-bond donors (Lipinski definition) is 0. The molecule has 0 radical (unpaired) electrons. The van der Waals surface area contributed by atoms with Crippen molar-refractivity contribution < 1.29 is 0 Å². The molecular weight excluding hydrogens is 881 g/mol. The van der Waals surface area contributed by atoms with Crippen LogP contribution < -0.4 is 0 Å². The molecule has 330 valence electrons. The molecule has 8 nitrogen and oxygen atoms in total. The predicted molar refractivity (Wildman–Crippen MR) is 284 cm³/mol. The largest absolute Gasteiger partial charge is 0.307 e. The Morgan fingerprint density at radius 3 is 0.972 bits per heavy atom. The Hall–Kier alpha value is -10.8. The molecule has 0 bridgehead atoms. The van der Waals surface area contributed by atoms with Gasteiger partial charge in [-0.1, -0.05) is 84.9 Å². The molecule has 0 aliphatic rings. The van der Waals surface area contributed by atoms with E-state index in [-0.39, 0.29) is 0 Å². The molecule has 0 N–H and O–H groups in total. The number of aromatic nitrogens is 3. The molecule has 0 spiro atoms. The van der Waals surface area contributed by atoms with E-state index in [1.54, 1.807) is 0 Å². The molecule has 0 aliphatic carbocycles. The normalized spacial score (nSPS) is 11.0. The molecule has 0 fully saturated rings. The topological polar surface area (TPSA) is 142 Å². The lowest BCUT2D eigenvalue weighted by Crippen LogP contribution is -2.03. The van der Waals surface area contributed by atoms with Gasteiger partial charge in [0, 0.05) is 27.1 Å². The maximum absolute atomic E-state index is 10.2. The van der Waals surface area contributed by atoms with Gasteiger partial charge in [-0.25, -0.2) is 4.98 Å². The minimum atomic E-state index is 0.528. The lowest BCUT2D eigenvalue weighted by molar-refractivity contribution is 1.06. The monoisotopic (exact) mass is 914 g/mol. The van der Waals surface area contributed by atoms with Crippen LogP contribution in [-0.4, -0.2) is 14.1 Å². The average Bonchev–Trinajstić information content (AvgIpc) is 3.96. The molecule has 0 saturated heterocycles.